The standard InChI is InChI=1S/C16H21BrFN3O3/c1-9(2)6-14(15(23)19-8-10(3)22)21-16(24)20-13-5-4-11(17)7-12(13)18/h4-5,7,9,14H,6,8H2,1-3H3,(H,19,23)(H2,20,21,24)/t14-/m0/s1. The third-order valence-electron chi connectivity index (χ3n) is 3.02. The second kappa shape index (κ2) is 9.36. The molecule has 1 aromatic carbocycles. The van der Waals surface area contributed by atoms with Crippen LogP contribution >= 0.6 is 15.9 Å². The van der Waals surface area contributed by atoms with Crippen molar-refractivity contribution in [2.45, 2.75) is 33.2 Å². The number of nitrogens with one attached hydrogen (secondary N) is 3. The molecule has 0 bridgehead atoms. The zero-order valence-corrected chi connectivity index (χ0v) is 15.4. The number of benzene rings is 1. The highest BCUT2D eigenvalue weighted by Crippen LogP contribution is 2.19. The summed E-state index contributed by atoms with van der Waals surface area (Å²) < 4.78 is 14.3. The number of ketones is 1. The molecule has 0 aromatic heterocycles. The highest BCUT2D eigenvalue weighted by atomic mass is 79.9. The predicted octanol–water partition coefficient (Wildman–Crippen LogP) is 2.83. The summed E-state index contributed by atoms with van der Waals surface area (Å²) in [5.41, 5.74) is 0.00291. The minimum absolute atomic E-state index is 0.00291. The largest absolute Gasteiger partial charge is 0.347 e. The van der Waals surface area contributed by atoms with Crippen LogP contribution in [0.25, 0.3) is 0 Å². The average molecular weight is 402 g/mol. The second-order valence-electron chi connectivity index (χ2n) is 5.82. The van der Waals surface area contributed by atoms with Crippen LogP contribution in [0.4, 0.5) is 14.9 Å². The van der Waals surface area contributed by atoms with Crippen molar-refractivity contribution >= 4 is 39.3 Å². The van der Waals surface area contributed by atoms with Crippen molar-refractivity contribution < 1.29 is 18.8 Å². The molecule has 1 atom stereocenters. The fraction of sp³-hybridized carbons (Fsp3) is 0.438. The lowest BCUT2D eigenvalue weighted by Crippen LogP contribution is -2.49. The van der Waals surface area contributed by atoms with Gasteiger partial charge in [-0.05, 0) is 37.5 Å². The summed E-state index contributed by atoms with van der Waals surface area (Å²) in [6.45, 7) is 5.06. The summed E-state index contributed by atoms with van der Waals surface area (Å²) in [4.78, 5) is 35.1. The summed E-state index contributed by atoms with van der Waals surface area (Å²) in [6.07, 6.45) is 0.389. The minimum Gasteiger partial charge on any atom is -0.347 e. The maximum atomic E-state index is 13.7. The number of anilines is 1. The maximum absolute atomic E-state index is 13.7. The predicted molar refractivity (Wildman–Crippen MR) is 93.2 cm³/mol. The van der Waals surface area contributed by atoms with Crippen molar-refractivity contribution in [3.05, 3.63) is 28.5 Å². The summed E-state index contributed by atoms with van der Waals surface area (Å²) in [5.74, 6) is -1.10. The molecule has 0 radical (unpaired) electrons. The van der Waals surface area contributed by atoms with Gasteiger partial charge in [0, 0.05) is 4.47 Å². The normalized spacial score (nSPS) is 11.8. The van der Waals surface area contributed by atoms with E-state index in [2.05, 4.69) is 31.9 Å². The molecule has 0 aliphatic carbocycles. The van der Waals surface area contributed by atoms with Crippen molar-refractivity contribution in [2.75, 3.05) is 11.9 Å². The lowest BCUT2D eigenvalue weighted by Gasteiger charge is -2.20. The van der Waals surface area contributed by atoms with Crippen LogP contribution < -0.4 is 16.0 Å². The molecule has 0 aliphatic rings. The number of halogens is 2. The van der Waals surface area contributed by atoms with Gasteiger partial charge in [-0.25, -0.2) is 9.18 Å². The SMILES string of the molecule is CC(=O)CNC(=O)[C@H](CC(C)C)NC(=O)Nc1ccc(Br)cc1F. The van der Waals surface area contributed by atoms with Gasteiger partial charge in [-0.3, -0.25) is 9.59 Å². The van der Waals surface area contributed by atoms with Crippen molar-refractivity contribution in [2.24, 2.45) is 5.92 Å². The highest BCUT2D eigenvalue weighted by molar-refractivity contribution is 9.10. The number of Topliss-reactive ketones (excluding diaryl/α,β-unsaturated/α-hetero) is 1. The number of urea groups is 1. The molecule has 0 spiro atoms. The monoisotopic (exact) mass is 401 g/mol. The van der Waals surface area contributed by atoms with E-state index in [0.717, 1.165) is 0 Å². The minimum atomic E-state index is -0.817. The average Bonchev–Trinajstić information content (AvgIpc) is 2.46. The van der Waals surface area contributed by atoms with Gasteiger partial charge in [-0.1, -0.05) is 29.8 Å². The Morgan fingerprint density at radius 3 is 2.46 bits per heavy atom. The van der Waals surface area contributed by atoms with Crippen LogP contribution in [-0.4, -0.2) is 30.3 Å². The number of hydrogen-bond acceptors (Lipinski definition) is 3. The third-order valence-corrected chi connectivity index (χ3v) is 3.51. The summed E-state index contributed by atoms with van der Waals surface area (Å²) >= 11 is 3.13. The van der Waals surface area contributed by atoms with Gasteiger partial charge in [0.2, 0.25) is 5.91 Å². The van der Waals surface area contributed by atoms with E-state index in [9.17, 15) is 18.8 Å². The van der Waals surface area contributed by atoms with Gasteiger partial charge in [0.05, 0.1) is 12.2 Å². The van der Waals surface area contributed by atoms with Crippen LogP contribution in [0, 0.1) is 11.7 Å². The van der Waals surface area contributed by atoms with Crippen LogP contribution in [0.3, 0.4) is 0 Å². The topological polar surface area (TPSA) is 87.3 Å². The van der Waals surface area contributed by atoms with Crippen LogP contribution in [0.5, 0.6) is 0 Å². The molecule has 0 unspecified atom stereocenters. The zero-order valence-electron chi connectivity index (χ0n) is 13.8. The van der Waals surface area contributed by atoms with Gasteiger partial charge in [0.1, 0.15) is 17.6 Å². The Hall–Kier alpha value is -1.96. The number of carbonyl (C=O) groups excluding carboxylic acids is 3. The lowest BCUT2D eigenvalue weighted by atomic mass is 10.0. The van der Waals surface area contributed by atoms with E-state index in [-0.39, 0.29) is 23.9 Å². The first-order valence-corrected chi connectivity index (χ1v) is 8.28. The Morgan fingerprint density at radius 2 is 1.92 bits per heavy atom. The van der Waals surface area contributed by atoms with Crippen LogP contribution in [-0.2, 0) is 9.59 Å². The molecule has 0 aliphatic heterocycles. The van der Waals surface area contributed by atoms with Gasteiger partial charge in [0.25, 0.3) is 0 Å². The molecule has 0 heterocycles. The van der Waals surface area contributed by atoms with Crippen molar-refractivity contribution in [1.29, 1.82) is 0 Å². The van der Waals surface area contributed by atoms with E-state index < -0.39 is 23.8 Å². The fourth-order valence-corrected chi connectivity index (χ4v) is 2.28. The van der Waals surface area contributed by atoms with Crippen molar-refractivity contribution in [1.82, 2.24) is 10.6 Å². The molecule has 8 heteroatoms. The molecule has 0 saturated heterocycles. The van der Waals surface area contributed by atoms with Crippen molar-refractivity contribution in [3.63, 3.8) is 0 Å². The molecule has 1 rings (SSSR count). The molecule has 6 nitrogen and oxygen atoms in total. The highest BCUT2D eigenvalue weighted by Gasteiger charge is 2.22. The quantitative estimate of drug-likeness (QED) is 0.656. The molecular formula is C16H21BrFN3O3. The molecule has 3 amide bonds. The van der Waals surface area contributed by atoms with E-state index in [1.165, 1.54) is 19.1 Å². The maximum Gasteiger partial charge on any atom is 0.319 e. The van der Waals surface area contributed by atoms with E-state index in [0.29, 0.717) is 10.9 Å². The van der Waals surface area contributed by atoms with Gasteiger partial charge in [0.15, 0.2) is 0 Å². The van der Waals surface area contributed by atoms with Crippen molar-refractivity contribution in [3.8, 4) is 0 Å². The van der Waals surface area contributed by atoms with Gasteiger partial charge in [-0.2, -0.15) is 0 Å². The van der Waals surface area contributed by atoms with Gasteiger partial charge in [-0.15, -0.1) is 0 Å². The van der Waals surface area contributed by atoms with E-state index >= 15 is 0 Å². The molecule has 24 heavy (non-hydrogen) atoms. The molecule has 0 saturated carbocycles. The first kappa shape index (κ1) is 20.1. The molecule has 0 fully saturated rings. The van der Waals surface area contributed by atoms with E-state index in [1.54, 1.807) is 6.07 Å². The lowest BCUT2D eigenvalue weighted by molar-refractivity contribution is -0.126. The van der Waals surface area contributed by atoms with Crippen LogP contribution in [0.2, 0.25) is 0 Å². The Balaban J connectivity index is 2.72. The number of hydrogen-bond donors (Lipinski definition) is 3. The van der Waals surface area contributed by atoms with E-state index in [1.807, 2.05) is 13.8 Å². The van der Waals surface area contributed by atoms with Gasteiger partial charge < -0.3 is 16.0 Å². The number of rotatable bonds is 7. The first-order chi connectivity index (χ1) is 11.2. The molecular weight excluding hydrogens is 381 g/mol. The first-order valence-electron chi connectivity index (χ1n) is 7.48. The Morgan fingerprint density at radius 1 is 1.25 bits per heavy atom. The van der Waals surface area contributed by atoms with E-state index in [4.69, 9.17) is 0 Å². The second-order valence-corrected chi connectivity index (χ2v) is 6.74. The number of carbonyl (C=O) groups is 3. The fourth-order valence-electron chi connectivity index (χ4n) is 1.95. The molecule has 132 valence electrons. The Kier molecular flexibility index (Phi) is 7.84. The smallest absolute Gasteiger partial charge is 0.319 e. The Bertz CT molecular complexity index is 623. The van der Waals surface area contributed by atoms with Crippen LogP contribution in [0.15, 0.2) is 22.7 Å². The Labute approximate surface area is 148 Å². The molecule has 1 aromatic rings. The van der Waals surface area contributed by atoms with Crippen LogP contribution in [0.1, 0.15) is 27.2 Å². The molecule has 3 N–H and O–H groups in total. The summed E-state index contributed by atoms with van der Waals surface area (Å²) in [5, 5.41) is 7.34. The summed E-state index contributed by atoms with van der Waals surface area (Å²) in [7, 11) is 0. The zero-order chi connectivity index (χ0) is 18.3. The third kappa shape index (κ3) is 7.08. The number of amides is 3. The van der Waals surface area contributed by atoms with Gasteiger partial charge >= 0.3 is 6.03 Å². The summed E-state index contributed by atoms with van der Waals surface area (Å²) in [6, 6.07) is 2.71.